The average Bonchev–Trinajstić information content (AvgIpc) is 3.42. The number of hydrogen-bond acceptors (Lipinski definition) is 5. The highest BCUT2D eigenvalue weighted by Gasteiger charge is 2.34. The molecule has 4 aromatic rings. The fraction of sp³-hybridized carbons (Fsp3) is 0.179. The standard InChI is InChI=1S/C28H25NO4S/c1-31-24-17-19-13-14-29(27(26-12-7-15-34-26)23(19)18-25(24)32-2)28(30)20-8-6-11-22(16-20)33-21-9-4-3-5-10-21/h3-12,15-18,27H,13-14H2,1-2H3. The molecule has 34 heavy (non-hydrogen) atoms. The molecule has 1 aliphatic rings. The largest absolute Gasteiger partial charge is 0.493 e. The Balaban J connectivity index is 1.51. The van der Waals surface area contributed by atoms with Crippen molar-refractivity contribution in [2.24, 2.45) is 0 Å². The van der Waals surface area contributed by atoms with Gasteiger partial charge in [0.25, 0.3) is 5.91 Å². The van der Waals surface area contributed by atoms with Gasteiger partial charge in [0.1, 0.15) is 11.5 Å². The van der Waals surface area contributed by atoms with Gasteiger partial charge in [-0.3, -0.25) is 4.79 Å². The first-order valence-electron chi connectivity index (χ1n) is 11.1. The highest BCUT2D eigenvalue weighted by atomic mass is 32.1. The summed E-state index contributed by atoms with van der Waals surface area (Å²) < 4.78 is 17.1. The number of fused-ring (bicyclic) bond motifs is 1. The van der Waals surface area contributed by atoms with Gasteiger partial charge in [0.05, 0.1) is 20.3 Å². The molecule has 2 heterocycles. The number of carbonyl (C=O) groups is 1. The molecule has 1 aliphatic heterocycles. The minimum atomic E-state index is -0.199. The Hall–Kier alpha value is -3.77. The van der Waals surface area contributed by atoms with E-state index in [-0.39, 0.29) is 11.9 Å². The number of thiophene rings is 1. The molecule has 5 rings (SSSR count). The van der Waals surface area contributed by atoms with Crippen LogP contribution < -0.4 is 14.2 Å². The summed E-state index contributed by atoms with van der Waals surface area (Å²) in [5, 5.41) is 2.04. The number of para-hydroxylation sites is 1. The van der Waals surface area contributed by atoms with Crippen molar-refractivity contribution >= 4 is 17.2 Å². The van der Waals surface area contributed by atoms with Gasteiger partial charge < -0.3 is 19.1 Å². The van der Waals surface area contributed by atoms with Crippen molar-refractivity contribution in [2.45, 2.75) is 12.5 Å². The molecule has 1 unspecified atom stereocenters. The number of amides is 1. The third-order valence-corrected chi connectivity index (χ3v) is 6.93. The summed E-state index contributed by atoms with van der Waals surface area (Å²) in [5.74, 6) is 2.70. The van der Waals surface area contributed by atoms with Gasteiger partial charge in [-0.05, 0) is 71.5 Å². The third-order valence-electron chi connectivity index (χ3n) is 6.01. The van der Waals surface area contributed by atoms with E-state index in [1.54, 1.807) is 25.6 Å². The normalized spacial score (nSPS) is 14.9. The Labute approximate surface area is 203 Å². The van der Waals surface area contributed by atoms with E-state index in [4.69, 9.17) is 14.2 Å². The molecule has 0 aliphatic carbocycles. The molecule has 1 amide bonds. The maximum Gasteiger partial charge on any atom is 0.254 e. The van der Waals surface area contributed by atoms with E-state index in [1.165, 1.54) is 5.56 Å². The molecular weight excluding hydrogens is 446 g/mol. The van der Waals surface area contributed by atoms with Crippen LogP contribution in [0.2, 0.25) is 0 Å². The molecule has 1 atom stereocenters. The molecule has 0 radical (unpaired) electrons. The van der Waals surface area contributed by atoms with Gasteiger partial charge in [0.15, 0.2) is 11.5 Å². The Morgan fingerprint density at radius 1 is 0.882 bits per heavy atom. The van der Waals surface area contributed by atoms with E-state index in [2.05, 4.69) is 6.07 Å². The van der Waals surface area contributed by atoms with E-state index in [0.717, 1.165) is 22.6 Å². The lowest BCUT2D eigenvalue weighted by Crippen LogP contribution is -2.40. The molecule has 0 saturated carbocycles. The fourth-order valence-corrected chi connectivity index (χ4v) is 5.26. The first-order valence-corrected chi connectivity index (χ1v) is 12.0. The minimum Gasteiger partial charge on any atom is -0.493 e. The molecule has 0 fully saturated rings. The first-order chi connectivity index (χ1) is 16.7. The summed E-state index contributed by atoms with van der Waals surface area (Å²) in [4.78, 5) is 16.9. The topological polar surface area (TPSA) is 48.0 Å². The summed E-state index contributed by atoms with van der Waals surface area (Å²) in [6.45, 7) is 0.605. The molecule has 1 aromatic heterocycles. The van der Waals surface area contributed by atoms with Crippen LogP contribution in [0, 0.1) is 0 Å². The average molecular weight is 472 g/mol. The molecule has 0 spiro atoms. The quantitative estimate of drug-likeness (QED) is 0.329. The van der Waals surface area contributed by atoms with Gasteiger partial charge in [-0.15, -0.1) is 11.3 Å². The molecule has 0 bridgehead atoms. The molecular formula is C28H25NO4S. The molecule has 0 saturated heterocycles. The Morgan fingerprint density at radius 3 is 2.38 bits per heavy atom. The van der Waals surface area contributed by atoms with Crippen molar-refractivity contribution in [3.8, 4) is 23.0 Å². The smallest absolute Gasteiger partial charge is 0.254 e. The van der Waals surface area contributed by atoms with E-state index >= 15 is 0 Å². The van der Waals surface area contributed by atoms with E-state index in [9.17, 15) is 4.79 Å². The number of benzene rings is 3. The van der Waals surface area contributed by atoms with E-state index in [1.807, 2.05) is 83.1 Å². The van der Waals surface area contributed by atoms with Crippen LogP contribution >= 0.6 is 11.3 Å². The zero-order valence-corrected chi connectivity index (χ0v) is 19.9. The molecule has 3 aromatic carbocycles. The summed E-state index contributed by atoms with van der Waals surface area (Å²) in [7, 11) is 3.28. The van der Waals surface area contributed by atoms with Gasteiger partial charge in [-0.25, -0.2) is 0 Å². The highest BCUT2D eigenvalue weighted by Crippen LogP contribution is 2.42. The van der Waals surface area contributed by atoms with Gasteiger partial charge >= 0.3 is 0 Å². The highest BCUT2D eigenvalue weighted by molar-refractivity contribution is 7.10. The lowest BCUT2D eigenvalue weighted by Gasteiger charge is -2.37. The second kappa shape index (κ2) is 9.61. The monoisotopic (exact) mass is 471 g/mol. The van der Waals surface area contributed by atoms with Crippen molar-refractivity contribution in [1.82, 2.24) is 4.90 Å². The second-order valence-corrected chi connectivity index (χ2v) is 8.99. The summed E-state index contributed by atoms with van der Waals surface area (Å²) in [5.41, 5.74) is 2.83. The van der Waals surface area contributed by atoms with Crippen molar-refractivity contribution < 1.29 is 19.0 Å². The third kappa shape index (κ3) is 4.24. The summed E-state index contributed by atoms with van der Waals surface area (Å²) in [6.07, 6.45) is 0.740. The van der Waals surface area contributed by atoms with Crippen molar-refractivity contribution in [3.63, 3.8) is 0 Å². The Kier molecular flexibility index (Phi) is 6.23. The second-order valence-electron chi connectivity index (χ2n) is 8.02. The van der Waals surface area contributed by atoms with Gasteiger partial charge in [0, 0.05) is 17.0 Å². The van der Waals surface area contributed by atoms with Crippen molar-refractivity contribution in [3.05, 3.63) is 106 Å². The van der Waals surface area contributed by atoms with Gasteiger partial charge in [0.2, 0.25) is 0 Å². The lowest BCUT2D eigenvalue weighted by molar-refractivity contribution is 0.0696. The first kappa shape index (κ1) is 22.0. The number of nitrogens with zero attached hydrogens (tertiary/aromatic N) is 1. The van der Waals surface area contributed by atoms with Gasteiger partial charge in [-0.1, -0.05) is 30.3 Å². The van der Waals surface area contributed by atoms with E-state index in [0.29, 0.717) is 29.4 Å². The maximum absolute atomic E-state index is 13.8. The van der Waals surface area contributed by atoms with Crippen LogP contribution in [-0.2, 0) is 6.42 Å². The summed E-state index contributed by atoms with van der Waals surface area (Å²) in [6, 6.07) is 24.9. The van der Waals surface area contributed by atoms with Crippen LogP contribution in [0.1, 0.15) is 32.4 Å². The number of ether oxygens (including phenoxy) is 3. The number of rotatable bonds is 6. The molecule has 6 heteroatoms. The Bertz CT molecular complexity index is 1290. The van der Waals surface area contributed by atoms with Crippen LogP contribution in [0.4, 0.5) is 0 Å². The SMILES string of the molecule is COc1cc2c(cc1OC)C(c1cccs1)N(C(=O)c1cccc(Oc3ccccc3)c1)CC2. The van der Waals surface area contributed by atoms with Crippen LogP contribution in [0.5, 0.6) is 23.0 Å². The minimum absolute atomic E-state index is 0.0302. The number of methoxy groups -OCH3 is 2. The predicted molar refractivity (Wildman–Crippen MR) is 133 cm³/mol. The van der Waals surface area contributed by atoms with Crippen molar-refractivity contribution in [1.29, 1.82) is 0 Å². The predicted octanol–water partition coefficient (Wildman–Crippen LogP) is 6.35. The molecule has 0 N–H and O–H groups in total. The van der Waals surface area contributed by atoms with Crippen LogP contribution in [0.3, 0.4) is 0 Å². The molecule has 5 nitrogen and oxygen atoms in total. The van der Waals surface area contributed by atoms with E-state index < -0.39 is 0 Å². The fourth-order valence-electron chi connectivity index (χ4n) is 4.40. The number of hydrogen-bond donors (Lipinski definition) is 0. The summed E-state index contributed by atoms with van der Waals surface area (Å²) >= 11 is 1.65. The van der Waals surface area contributed by atoms with Crippen LogP contribution in [0.25, 0.3) is 0 Å². The van der Waals surface area contributed by atoms with Crippen LogP contribution in [-0.4, -0.2) is 31.6 Å². The Morgan fingerprint density at radius 2 is 1.65 bits per heavy atom. The zero-order valence-electron chi connectivity index (χ0n) is 19.1. The number of carbonyl (C=O) groups excluding carboxylic acids is 1. The molecule has 172 valence electrons. The van der Waals surface area contributed by atoms with Crippen LogP contribution in [0.15, 0.2) is 84.2 Å². The van der Waals surface area contributed by atoms with Crippen molar-refractivity contribution in [2.75, 3.05) is 20.8 Å². The zero-order chi connectivity index (χ0) is 23.5. The maximum atomic E-state index is 13.8. The lowest BCUT2D eigenvalue weighted by atomic mass is 9.90. The van der Waals surface area contributed by atoms with Gasteiger partial charge in [-0.2, -0.15) is 0 Å².